The van der Waals surface area contributed by atoms with Crippen LogP contribution in [0, 0.1) is 11.3 Å². The van der Waals surface area contributed by atoms with Gasteiger partial charge < -0.3 is 10.2 Å². The van der Waals surface area contributed by atoms with Crippen LogP contribution in [0.3, 0.4) is 0 Å². The van der Waals surface area contributed by atoms with Crippen LogP contribution in [-0.4, -0.2) is 18.4 Å². The monoisotopic (exact) mass is 437 g/mol. The van der Waals surface area contributed by atoms with E-state index in [0.29, 0.717) is 30.5 Å². The zero-order valence-corrected chi connectivity index (χ0v) is 18.8. The number of hydrogen-bond acceptors (Lipinski definition) is 3. The predicted molar refractivity (Wildman–Crippen MR) is 129 cm³/mol. The number of fused-ring (bicyclic) bond motifs is 1. The highest BCUT2D eigenvalue weighted by atomic mass is 16.2. The quantitative estimate of drug-likeness (QED) is 0.592. The second kappa shape index (κ2) is 10.1. The first-order valence-electron chi connectivity index (χ1n) is 11.3. The van der Waals surface area contributed by atoms with Gasteiger partial charge in [-0.1, -0.05) is 42.5 Å². The molecule has 3 aromatic carbocycles. The van der Waals surface area contributed by atoms with E-state index in [9.17, 15) is 9.59 Å². The summed E-state index contributed by atoms with van der Waals surface area (Å²) in [5.74, 6) is -0.0337. The smallest absolute Gasteiger partial charge is 0.251 e. The molecule has 0 spiro atoms. The largest absolute Gasteiger partial charge is 0.346 e. The molecule has 2 amide bonds. The maximum atomic E-state index is 13.0. The van der Waals surface area contributed by atoms with E-state index < -0.39 is 0 Å². The number of nitrogens with one attached hydrogen (secondary N) is 1. The van der Waals surface area contributed by atoms with Gasteiger partial charge in [0.15, 0.2) is 0 Å². The summed E-state index contributed by atoms with van der Waals surface area (Å²) in [5.41, 5.74) is 5.27. The molecule has 0 bridgehead atoms. The summed E-state index contributed by atoms with van der Waals surface area (Å²) in [4.78, 5) is 27.6. The maximum absolute atomic E-state index is 13.0. The van der Waals surface area contributed by atoms with Crippen molar-refractivity contribution in [1.29, 1.82) is 5.26 Å². The van der Waals surface area contributed by atoms with Gasteiger partial charge in [-0.15, -0.1) is 0 Å². The number of hydrogen-bond donors (Lipinski definition) is 1. The van der Waals surface area contributed by atoms with Gasteiger partial charge in [-0.25, -0.2) is 0 Å². The minimum Gasteiger partial charge on any atom is -0.346 e. The molecule has 0 radical (unpaired) electrons. The Bertz CT molecular complexity index is 1180. The van der Waals surface area contributed by atoms with Crippen LogP contribution in [0.4, 0.5) is 5.69 Å². The minimum atomic E-state index is -0.113. The predicted octanol–water partition coefficient (Wildman–Crippen LogP) is 4.96. The summed E-state index contributed by atoms with van der Waals surface area (Å²) in [7, 11) is 0. The number of nitriles is 1. The Morgan fingerprint density at radius 2 is 1.82 bits per heavy atom. The van der Waals surface area contributed by atoms with Crippen molar-refractivity contribution in [1.82, 2.24) is 5.32 Å². The zero-order valence-electron chi connectivity index (χ0n) is 18.8. The van der Waals surface area contributed by atoms with Crippen molar-refractivity contribution in [3.63, 3.8) is 0 Å². The number of carbonyl (C=O) groups excluding carboxylic acids is 2. The lowest BCUT2D eigenvalue weighted by atomic mass is 9.97. The van der Waals surface area contributed by atoms with E-state index in [1.807, 2.05) is 66.4 Å². The van der Waals surface area contributed by atoms with E-state index in [1.165, 1.54) is 0 Å². The van der Waals surface area contributed by atoms with Crippen LogP contribution in [0.15, 0.2) is 72.8 Å². The topological polar surface area (TPSA) is 73.2 Å². The fourth-order valence-electron chi connectivity index (χ4n) is 4.23. The Labute approximate surface area is 194 Å². The molecule has 5 heteroatoms. The summed E-state index contributed by atoms with van der Waals surface area (Å²) in [6, 6.07) is 24.9. The van der Waals surface area contributed by atoms with Crippen LogP contribution in [-0.2, 0) is 17.6 Å². The molecule has 0 fully saturated rings. The van der Waals surface area contributed by atoms with Crippen molar-refractivity contribution in [2.75, 3.05) is 11.4 Å². The van der Waals surface area contributed by atoms with Gasteiger partial charge in [0.1, 0.15) is 0 Å². The Morgan fingerprint density at radius 3 is 2.55 bits per heavy atom. The lowest BCUT2D eigenvalue weighted by Crippen LogP contribution is -2.36. The first-order valence-corrected chi connectivity index (χ1v) is 11.3. The fraction of sp³-hybridized carbons (Fsp3) is 0.250. The molecule has 5 nitrogen and oxygen atoms in total. The van der Waals surface area contributed by atoms with E-state index in [4.69, 9.17) is 5.26 Å². The first-order chi connectivity index (χ1) is 16.0. The molecule has 0 saturated heterocycles. The molecule has 1 aliphatic heterocycles. The summed E-state index contributed by atoms with van der Waals surface area (Å²) in [6.45, 7) is 2.66. The third kappa shape index (κ3) is 5.30. The third-order valence-electron chi connectivity index (χ3n) is 6.12. The van der Waals surface area contributed by atoms with Crippen LogP contribution in [0.1, 0.15) is 58.4 Å². The van der Waals surface area contributed by atoms with Gasteiger partial charge in [-0.2, -0.15) is 5.26 Å². The van der Waals surface area contributed by atoms with Crippen molar-refractivity contribution in [2.45, 2.75) is 38.6 Å². The summed E-state index contributed by atoms with van der Waals surface area (Å²) in [5, 5.41) is 12.0. The standard InChI is InChI=1S/C28H27N3O2/c1-20(23-6-3-2-4-7-23)30-28(33)25-14-15-26-24(18-25)8-5-17-31(26)27(32)16-13-21-9-11-22(19-29)12-10-21/h2-4,6-7,9-12,14-15,18,20H,5,8,13,16-17H2,1H3,(H,30,33). The zero-order chi connectivity index (χ0) is 23.2. The number of benzene rings is 3. The van der Waals surface area contributed by atoms with Gasteiger partial charge in [0.25, 0.3) is 5.91 Å². The SMILES string of the molecule is CC(NC(=O)c1ccc2c(c1)CCCN2C(=O)CCc1ccc(C#N)cc1)c1ccccc1. The van der Waals surface area contributed by atoms with Crippen LogP contribution >= 0.6 is 0 Å². The number of nitrogens with zero attached hydrogens (tertiary/aromatic N) is 2. The number of anilines is 1. The Kier molecular flexibility index (Phi) is 6.85. The van der Waals surface area contributed by atoms with Gasteiger partial charge in [-0.3, -0.25) is 9.59 Å². The Morgan fingerprint density at radius 1 is 1.06 bits per heavy atom. The summed E-state index contributed by atoms with van der Waals surface area (Å²) < 4.78 is 0. The molecule has 0 aromatic heterocycles. The van der Waals surface area contributed by atoms with Crippen LogP contribution < -0.4 is 10.2 Å². The van der Waals surface area contributed by atoms with Crippen LogP contribution in [0.2, 0.25) is 0 Å². The second-order valence-electron chi connectivity index (χ2n) is 8.41. The second-order valence-corrected chi connectivity index (χ2v) is 8.41. The Balaban J connectivity index is 1.42. The molecular weight excluding hydrogens is 410 g/mol. The van der Waals surface area contributed by atoms with Crippen molar-refractivity contribution >= 4 is 17.5 Å². The number of aryl methyl sites for hydroxylation is 2. The van der Waals surface area contributed by atoms with E-state index in [-0.39, 0.29) is 17.9 Å². The van der Waals surface area contributed by atoms with Crippen molar-refractivity contribution in [2.24, 2.45) is 0 Å². The molecule has 166 valence electrons. The highest BCUT2D eigenvalue weighted by Crippen LogP contribution is 2.29. The van der Waals surface area contributed by atoms with Gasteiger partial charge >= 0.3 is 0 Å². The highest BCUT2D eigenvalue weighted by Gasteiger charge is 2.23. The molecular formula is C28H27N3O2. The highest BCUT2D eigenvalue weighted by molar-refractivity contribution is 5.98. The lowest BCUT2D eigenvalue weighted by molar-refractivity contribution is -0.118. The average molecular weight is 438 g/mol. The molecule has 1 N–H and O–H groups in total. The maximum Gasteiger partial charge on any atom is 0.251 e. The first kappa shape index (κ1) is 22.3. The molecule has 4 rings (SSSR count). The van der Waals surface area contributed by atoms with Crippen molar-refractivity contribution < 1.29 is 9.59 Å². The molecule has 1 heterocycles. The van der Waals surface area contributed by atoms with Gasteiger partial charge in [0, 0.05) is 24.2 Å². The number of carbonyl (C=O) groups is 2. The molecule has 33 heavy (non-hydrogen) atoms. The Hall–Kier alpha value is -3.91. The average Bonchev–Trinajstić information content (AvgIpc) is 2.87. The minimum absolute atomic E-state index is 0.0789. The third-order valence-corrected chi connectivity index (χ3v) is 6.12. The van der Waals surface area contributed by atoms with Gasteiger partial charge in [0.2, 0.25) is 5.91 Å². The van der Waals surface area contributed by atoms with E-state index in [1.54, 1.807) is 18.2 Å². The van der Waals surface area contributed by atoms with Crippen LogP contribution in [0.25, 0.3) is 0 Å². The molecule has 3 aromatic rings. The van der Waals surface area contributed by atoms with Gasteiger partial charge in [-0.05, 0) is 73.2 Å². The van der Waals surface area contributed by atoms with E-state index >= 15 is 0 Å². The lowest BCUT2D eigenvalue weighted by Gasteiger charge is -2.30. The molecule has 1 aliphatic rings. The summed E-state index contributed by atoms with van der Waals surface area (Å²) >= 11 is 0. The molecule has 1 unspecified atom stereocenters. The molecule has 0 aliphatic carbocycles. The van der Waals surface area contributed by atoms with Gasteiger partial charge in [0.05, 0.1) is 17.7 Å². The molecule has 0 saturated carbocycles. The number of amides is 2. The summed E-state index contributed by atoms with van der Waals surface area (Å²) in [6.07, 6.45) is 2.77. The van der Waals surface area contributed by atoms with Crippen molar-refractivity contribution in [3.8, 4) is 6.07 Å². The van der Waals surface area contributed by atoms with Crippen molar-refractivity contribution in [3.05, 3.63) is 101 Å². The fourth-order valence-corrected chi connectivity index (χ4v) is 4.23. The van der Waals surface area contributed by atoms with Crippen LogP contribution in [0.5, 0.6) is 0 Å². The molecule has 1 atom stereocenters. The normalized spacial score (nSPS) is 13.5. The number of rotatable bonds is 6. The van der Waals surface area contributed by atoms with E-state index in [2.05, 4.69) is 11.4 Å². The van der Waals surface area contributed by atoms with E-state index in [0.717, 1.165) is 35.2 Å².